The molecule has 0 fully saturated rings. The van der Waals surface area contributed by atoms with E-state index in [-0.39, 0.29) is 11.1 Å². The molecule has 0 unspecified atom stereocenters. The smallest absolute Gasteiger partial charge is 0.197 e. The highest BCUT2D eigenvalue weighted by molar-refractivity contribution is 6.08. The Kier molecular flexibility index (Phi) is 2.72. The van der Waals surface area contributed by atoms with Crippen molar-refractivity contribution in [3.8, 4) is 0 Å². The largest absolute Gasteiger partial charge is 0.288 e. The molecule has 2 rings (SSSR count). The fraction of sp³-hybridized carbons (Fsp3) is 0. The van der Waals surface area contributed by atoms with Crippen LogP contribution in [0.15, 0.2) is 42.7 Å². The van der Waals surface area contributed by atoms with Gasteiger partial charge in [-0.05, 0) is 24.3 Å². The molecule has 0 N–H and O–H groups in total. The van der Waals surface area contributed by atoms with E-state index >= 15 is 0 Å². The molecule has 0 aliphatic rings. The number of benzene rings is 1. The van der Waals surface area contributed by atoms with Gasteiger partial charge in [0.15, 0.2) is 5.78 Å². The van der Waals surface area contributed by atoms with Crippen molar-refractivity contribution in [2.75, 3.05) is 0 Å². The molecule has 0 atom stereocenters. The number of hydrogen-bond donors (Lipinski definition) is 0. The van der Waals surface area contributed by atoms with E-state index < -0.39 is 17.4 Å². The van der Waals surface area contributed by atoms with Crippen molar-refractivity contribution in [1.82, 2.24) is 4.98 Å². The van der Waals surface area contributed by atoms with Crippen molar-refractivity contribution in [3.63, 3.8) is 0 Å². The summed E-state index contributed by atoms with van der Waals surface area (Å²) in [4.78, 5) is 15.5. The first kappa shape index (κ1) is 10.4. The number of nitrogens with zero attached hydrogens (tertiary/aromatic N) is 1. The first-order valence-electron chi connectivity index (χ1n) is 4.58. The molecule has 1 aromatic carbocycles. The Bertz CT molecular complexity index is 526. The molecule has 2 aromatic rings. The Morgan fingerprint density at radius 2 is 2.00 bits per heavy atom. The van der Waals surface area contributed by atoms with Crippen LogP contribution in [0, 0.1) is 11.6 Å². The van der Waals surface area contributed by atoms with E-state index in [1.54, 1.807) is 6.07 Å². The normalized spacial score (nSPS) is 10.1. The molecule has 1 heterocycles. The van der Waals surface area contributed by atoms with E-state index in [2.05, 4.69) is 4.98 Å². The summed E-state index contributed by atoms with van der Waals surface area (Å²) in [6.07, 6.45) is 2.85. The number of ketones is 1. The summed E-state index contributed by atoms with van der Waals surface area (Å²) in [6, 6.07) is 5.96. The minimum Gasteiger partial charge on any atom is -0.288 e. The molecular formula is C12H7F2NO. The van der Waals surface area contributed by atoms with Crippen LogP contribution in [0.25, 0.3) is 0 Å². The minimum absolute atomic E-state index is 0.158. The first-order chi connectivity index (χ1) is 7.68. The van der Waals surface area contributed by atoms with Gasteiger partial charge in [-0.2, -0.15) is 0 Å². The molecule has 0 saturated carbocycles. The lowest BCUT2D eigenvalue weighted by Crippen LogP contribution is -2.04. The highest BCUT2D eigenvalue weighted by Crippen LogP contribution is 2.14. The van der Waals surface area contributed by atoms with Gasteiger partial charge >= 0.3 is 0 Å². The lowest BCUT2D eigenvalue weighted by molar-refractivity contribution is 0.103. The van der Waals surface area contributed by atoms with E-state index in [0.29, 0.717) is 6.07 Å². The van der Waals surface area contributed by atoms with Crippen LogP contribution in [0.5, 0.6) is 0 Å². The standard InChI is InChI=1S/C12H7F2NO/c13-9-3-4-10(11(14)6-9)12(16)8-2-1-5-15-7-8/h1-7H. The van der Waals surface area contributed by atoms with Gasteiger partial charge in [0, 0.05) is 24.0 Å². The fourth-order valence-electron chi connectivity index (χ4n) is 1.33. The zero-order valence-electron chi connectivity index (χ0n) is 8.15. The molecule has 0 aliphatic carbocycles. The predicted molar refractivity (Wildman–Crippen MR) is 54.0 cm³/mol. The Labute approximate surface area is 90.6 Å². The predicted octanol–water partition coefficient (Wildman–Crippen LogP) is 2.59. The van der Waals surface area contributed by atoms with Crippen molar-refractivity contribution in [2.24, 2.45) is 0 Å². The van der Waals surface area contributed by atoms with Gasteiger partial charge in [0.05, 0.1) is 5.56 Å². The van der Waals surface area contributed by atoms with Crippen LogP contribution in [0.1, 0.15) is 15.9 Å². The summed E-state index contributed by atoms with van der Waals surface area (Å²) in [6.45, 7) is 0. The Hall–Kier alpha value is -2.10. The van der Waals surface area contributed by atoms with Crippen molar-refractivity contribution < 1.29 is 13.6 Å². The monoisotopic (exact) mass is 219 g/mol. The Balaban J connectivity index is 2.42. The van der Waals surface area contributed by atoms with Gasteiger partial charge in [-0.1, -0.05) is 0 Å². The number of aromatic nitrogens is 1. The van der Waals surface area contributed by atoms with Crippen LogP contribution in [-0.4, -0.2) is 10.8 Å². The third-order valence-electron chi connectivity index (χ3n) is 2.10. The number of pyridine rings is 1. The van der Waals surface area contributed by atoms with E-state index in [0.717, 1.165) is 12.1 Å². The summed E-state index contributed by atoms with van der Waals surface area (Å²) in [5.74, 6) is -2.08. The number of halogens is 2. The molecule has 0 spiro atoms. The summed E-state index contributed by atoms with van der Waals surface area (Å²) in [5, 5.41) is 0. The SMILES string of the molecule is O=C(c1cccnc1)c1ccc(F)cc1F. The van der Waals surface area contributed by atoms with E-state index in [4.69, 9.17) is 0 Å². The third kappa shape index (κ3) is 1.95. The fourth-order valence-corrected chi connectivity index (χ4v) is 1.33. The van der Waals surface area contributed by atoms with Crippen LogP contribution < -0.4 is 0 Å². The van der Waals surface area contributed by atoms with Crippen molar-refractivity contribution in [1.29, 1.82) is 0 Å². The van der Waals surface area contributed by atoms with Crippen LogP contribution in [0.3, 0.4) is 0 Å². The maximum Gasteiger partial charge on any atom is 0.197 e. The van der Waals surface area contributed by atoms with Gasteiger partial charge in [-0.15, -0.1) is 0 Å². The topological polar surface area (TPSA) is 30.0 Å². The molecule has 2 nitrogen and oxygen atoms in total. The van der Waals surface area contributed by atoms with Crippen LogP contribution in [-0.2, 0) is 0 Å². The van der Waals surface area contributed by atoms with Gasteiger partial charge in [-0.3, -0.25) is 9.78 Å². The van der Waals surface area contributed by atoms with Crippen LogP contribution in [0.4, 0.5) is 8.78 Å². The summed E-state index contributed by atoms with van der Waals surface area (Å²) >= 11 is 0. The second kappa shape index (κ2) is 4.18. The maximum atomic E-state index is 13.3. The highest BCUT2D eigenvalue weighted by Gasteiger charge is 2.14. The number of carbonyl (C=O) groups is 1. The van der Waals surface area contributed by atoms with Gasteiger partial charge in [0.1, 0.15) is 11.6 Å². The van der Waals surface area contributed by atoms with Crippen molar-refractivity contribution in [3.05, 3.63) is 65.5 Å². The van der Waals surface area contributed by atoms with Gasteiger partial charge in [0.2, 0.25) is 0 Å². The quantitative estimate of drug-likeness (QED) is 0.726. The second-order valence-electron chi connectivity index (χ2n) is 3.19. The maximum absolute atomic E-state index is 13.3. The molecule has 80 valence electrons. The Morgan fingerprint density at radius 3 is 2.62 bits per heavy atom. The second-order valence-corrected chi connectivity index (χ2v) is 3.19. The molecule has 0 bridgehead atoms. The minimum atomic E-state index is -0.867. The molecule has 4 heteroatoms. The lowest BCUT2D eigenvalue weighted by atomic mass is 10.0. The average Bonchev–Trinajstić information content (AvgIpc) is 2.29. The van der Waals surface area contributed by atoms with E-state index in [9.17, 15) is 13.6 Å². The average molecular weight is 219 g/mol. The molecule has 0 aliphatic heterocycles. The van der Waals surface area contributed by atoms with Gasteiger partial charge in [-0.25, -0.2) is 8.78 Å². The van der Waals surface area contributed by atoms with Crippen molar-refractivity contribution in [2.45, 2.75) is 0 Å². The summed E-state index contributed by atoms with van der Waals surface area (Å²) in [5.41, 5.74) is 0.113. The summed E-state index contributed by atoms with van der Waals surface area (Å²) in [7, 11) is 0. The molecule has 0 amide bonds. The van der Waals surface area contributed by atoms with Gasteiger partial charge in [0.25, 0.3) is 0 Å². The number of hydrogen-bond acceptors (Lipinski definition) is 2. The molecular weight excluding hydrogens is 212 g/mol. The third-order valence-corrected chi connectivity index (χ3v) is 2.10. The Morgan fingerprint density at radius 1 is 1.19 bits per heavy atom. The van der Waals surface area contributed by atoms with E-state index in [1.807, 2.05) is 0 Å². The first-order valence-corrected chi connectivity index (χ1v) is 4.58. The van der Waals surface area contributed by atoms with Gasteiger partial charge < -0.3 is 0 Å². The molecule has 1 aromatic heterocycles. The zero-order chi connectivity index (χ0) is 11.5. The van der Waals surface area contributed by atoms with E-state index in [1.165, 1.54) is 18.5 Å². The number of rotatable bonds is 2. The van der Waals surface area contributed by atoms with Crippen molar-refractivity contribution >= 4 is 5.78 Å². The molecule has 0 radical (unpaired) electrons. The van der Waals surface area contributed by atoms with Crippen LogP contribution in [0.2, 0.25) is 0 Å². The zero-order valence-corrected chi connectivity index (χ0v) is 8.15. The lowest BCUT2D eigenvalue weighted by Gasteiger charge is -2.01. The number of carbonyl (C=O) groups excluding carboxylic acids is 1. The van der Waals surface area contributed by atoms with Crippen LogP contribution >= 0.6 is 0 Å². The molecule has 0 saturated heterocycles. The molecule has 16 heavy (non-hydrogen) atoms. The summed E-state index contributed by atoms with van der Waals surface area (Å²) < 4.78 is 26.0. The highest BCUT2D eigenvalue weighted by atomic mass is 19.1.